The van der Waals surface area contributed by atoms with Gasteiger partial charge in [0.1, 0.15) is 5.82 Å². The van der Waals surface area contributed by atoms with E-state index in [1.807, 2.05) is 0 Å². The summed E-state index contributed by atoms with van der Waals surface area (Å²) < 4.78 is 13.2. The molecule has 0 radical (unpaired) electrons. The Morgan fingerprint density at radius 3 is 3.07 bits per heavy atom. The number of nitrogens with zero attached hydrogens (tertiary/aromatic N) is 1. The average Bonchev–Trinajstić information content (AvgIpc) is 2.63. The van der Waals surface area contributed by atoms with Gasteiger partial charge in [0.25, 0.3) is 0 Å². The zero-order chi connectivity index (χ0) is 10.8. The third-order valence-corrected chi connectivity index (χ3v) is 2.20. The minimum absolute atomic E-state index is 0.191. The lowest BCUT2D eigenvalue weighted by atomic mass is 10.1. The highest BCUT2D eigenvalue weighted by Gasteiger charge is 2.12. The molecule has 0 fully saturated rings. The van der Waals surface area contributed by atoms with Crippen LogP contribution in [-0.2, 0) is 0 Å². The van der Waals surface area contributed by atoms with Crippen molar-refractivity contribution < 1.29 is 9.18 Å². The summed E-state index contributed by atoms with van der Waals surface area (Å²) in [6.45, 7) is 0. The fourth-order valence-corrected chi connectivity index (χ4v) is 1.52. The summed E-state index contributed by atoms with van der Waals surface area (Å²) in [5.74, 6) is -0.696. The van der Waals surface area contributed by atoms with E-state index in [-0.39, 0.29) is 12.2 Å². The van der Waals surface area contributed by atoms with Gasteiger partial charge in [-0.1, -0.05) is 12.1 Å². The number of benzene rings is 1. The molecule has 2 aromatic rings. The van der Waals surface area contributed by atoms with Crippen LogP contribution in [0.1, 0.15) is 16.8 Å². The van der Waals surface area contributed by atoms with Gasteiger partial charge in [0.2, 0.25) is 0 Å². The molecule has 3 nitrogen and oxygen atoms in total. The van der Waals surface area contributed by atoms with E-state index < -0.39 is 5.82 Å². The molecule has 0 aliphatic rings. The number of aromatic amines is 1. The number of H-pyrrole nitrogens is 1. The number of hydrogen-bond acceptors (Lipinski definition) is 2. The molecule has 0 spiro atoms. The van der Waals surface area contributed by atoms with Crippen LogP contribution in [0.4, 0.5) is 4.39 Å². The molecule has 1 N–H and O–H groups in total. The molecular formula is C11H7FN2O. The number of ketones is 1. The van der Waals surface area contributed by atoms with E-state index in [2.05, 4.69) is 4.98 Å². The van der Waals surface area contributed by atoms with Gasteiger partial charge in [0.15, 0.2) is 5.78 Å². The number of carbonyl (C=O) groups excluding carboxylic acids is 1. The zero-order valence-electron chi connectivity index (χ0n) is 7.75. The van der Waals surface area contributed by atoms with Crippen molar-refractivity contribution in [2.45, 2.75) is 6.42 Å². The van der Waals surface area contributed by atoms with Crippen molar-refractivity contribution in [2.75, 3.05) is 0 Å². The fourth-order valence-electron chi connectivity index (χ4n) is 1.52. The van der Waals surface area contributed by atoms with Crippen molar-refractivity contribution in [2.24, 2.45) is 0 Å². The van der Waals surface area contributed by atoms with Crippen LogP contribution in [0.25, 0.3) is 10.9 Å². The first-order valence-electron chi connectivity index (χ1n) is 4.40. The number of para-hydroxylation sites is 1. The Hall–Kier alpha value is -2.15. The van der Waals surface area contributed by atoms with E-state index >= 15 is 0 Å². The number of halogens is 1. The number of Topliss-reactive ketones (excluding diaryl/α,β-unsaturated/α-hetero) is 1. The molecule has 4 heteroatoms. The first kappa shape index (κ1) is 9.41. The number of aromatic nitrogens is 1. The third-order valence-electron chi connectivity index (χ3n) is 2.20. The smallest absolute Gasteiger partial charge is 0.179 e. The van der Waals surface area contributed by atoms with E-state index in [1.165, 1.54) is 18.3 Å². The highest BCUT2D eigenvalue weighted by molar-refractivity contribution is 6.08. The number of nitriles is 1. The Morgan fingerprint density at radius 2 is 2.33 bits per heavy atom. The normalized spacial score (nSPS) is 10.1. The van der Waals surface area contributed by atoms with Crippen molar-refractivity contribution in [3.05, 3.63) is 35.8 Å². The van der Waals surface area contributed by atoms with Crippen LogP contribution in [-0.4, -0.2) is 10.8 Å². The first-order chi connectivity index (χ1) is 7.24. The van der Waals surface area contributed by atoms with E-state index in [4.69, 9.17) is 5.26 Å². The molecule has 15 heavy (non-hydrogen) atoms. The molecule has 1 aromatic heterocycles. The van der Waals surface area contributed by atoms with Gasteiger partial charge in [-0.2, -0.15) is 5.26 Å². The van der Waals surface area contributed by atoms with Gasteiger partial charge in [-0.25, -0.2) is 4.39 Å². The monoisotopic (exact) mass is 202 g/mol. The van der Waals surface area contributed by atoms with E-state index in [0.29, 0.717) is 16.5 Å². The molecule has 1 heterocycles. The Morgan fingerprint density at radius 1 is 1.53 bits per heavy atom. The Labute approximate surface area is 85.1 Å². The predicted molar refractivity (Wildman–Crippen MR) is 52.8 cm³/mol. The van der Waals surface area contributed by atoms with Gasteiger partial charge in [0, 0.05) is 17.1 Å². The second kappa shape index (κ2) is 3.54. The van der Waals surface area contributed by atoms with E-state index in [0.717, 1.165) is 0 Å². The highest BCUT2D eigenvalue weighted by Crippen LogP contribution is 2.21. The summed E-state index contributed by atoms with van der Waals surface area (Å²) in [6.07, 6.45) is 1.25. The maximum atomic E-state index is 13.2. The van der Waals surface area contributed by atoms with Gasteiger partial charge < -0.3 is 4.98 Å². The highest BCUT2D eigenvalue weighted by atomic mass is 19.1. The average molecular weight is 202 g/mol. The number of hydrogen-bond donors (Lipinski definition) is 1. The minimum Gasteiger partial charge on any atom is -0.358 e. The molecule has 0 bridgehead atoms. The maximum absolute atomic E-state index is 13.2. The van der Waals surface area contributed by atoms with Crippen molar-refractivity contribution in [1.82, 2.24) is 4.98 Å². The maximum Gasteiger partial charge on any atom is 0.179 e. The molecule has 0 saturated carbocycles. The number of carbonyl (C=O) groups is 1. The van der Waals surface area contributed by atoms with Crippen molar-refractivity contribution in [3.63, 3.8) is 0 Å². The SMILES string of the molecule is N#CCC(=O)c1c[nH]c2c(F)cccc12. The van der Waals surface area contributed by atoms with Crippen LogP contribution in [0.2, 0.25) is 0 Å². The molecule has 0 unspecified atom stereocenters. The molecule has 0 amide bonds. The Kier molecular flexibility index (Phi) is 2.22. The van der Waals surface area contributed by atoms with Crippen molar-refractivity contribution >= 4 is 16.7 Å². The molecule has 0 saturated heterocycles. The Bertz CT molecular complexity index is 565. The second-order valence-corrected chi connectivity index (χ2v) is 3.12. The Balaban J connectivity index is 2.60. The zero-order valence-corrected chi connectivity index (χ0v) is 7.75. The minimum atomic E-state index is -0.400. The molecule has 1 aromatic carbocycles. The number of fused-ring (bicyclic) bond motifs is 1. The molecule has 2 rings (SSSR count). The number of nitrogens with one attached hydrogen (secondary N) is 1. The summed E-state index contributed by atoms with van der Waals surface area (Å²) in [7, 11) is 0. The lowest BCUT2D eigenvalue weighted by Gasteiger charge is -1.94. The van der Waals surface area contributed by atoms with Crippen molar-refractivity contribution in [1.29, 1.82) is 5.26 Å². The van der Waals surface area contributed by atoms with Crippen LogP contribution in [0.15, 0.2) is 24.4 Å². The summed E-state index contributed by atoms with van der Waals surface area (Å²) in [6, 6.07) is 6.28. The van der Waals surface area contributed by atoms with Crippen LogP contribution >= 0.6 is 0 Å². The lowest BCUT2D eigenvalue weighted by molar-refractivity contribution is 0.0999. The third kappa shape index (κ3) is 1.48. The largest absolute Gasteiger partial charge is 0.358 e. The van der Waals surface area contributed by atoms with Gasteiger partial charge in [0.05, 0.1) is 18.0 Å². The van der Waals surface area contributed by atoms with Gasteiger partial charge in [-0.15, -0.1) is 0 Å². The van der Waals surface area contributed by atoms with Gasteiger partial charge >= 0.3 is 0 Å². The van der Waals surface area contributed by atoms with Gasteiger partial charge in [-0.3, -0.25) is 4.79 Å². The van der Waals surface area contributed by atoms with Crippen LogP contribution < -0.4 is 0 Å². The van der Waals surface area contributed by atoms with Crippen LogP contribution in [0, 0.1) is 17.1 Å². The quantitative estimate of drug-likeness (QED) is 0.760. The van der Waals surface area contributed by atoms with Crippen molar-refractivity contribution in [3.8, 4) is 6.07 Å². The standard InChI is InChI=1S/C11H7FN2O/c12-9-3-1-2-7-8(6-14-11(7)9)10(15)4-5-13/h1-3,6,14H,4H2. The van der Waals surface area contributed by atoms with E-state index in [1.54, 1.807) is 12.1 Å². The predicted octanol–water partition coefficient (Wildman–Crippen LogP) is 2.40. The molecule has 0 aliphatic heterocycles. The van der Waals surface area contributed by atoms with Crippen LogP contribution in [0.3, 0.4) is 0 Å². The summed E-state index contributed by atoms with van der Waals surface area (Å²) >= 11 is 0. The van der Waals surface area contributed by atoms with E-state index in [9.17, 15) is 9.18 Å². The summed E-state index contributed by atoms with van der Waals surface area (Å²) in [4.78, 5) is 14.2. The second-order valence-electron chi connectivity index (χ2n) is 3.12. The topological polar surface area (TPSA) is 56.6 Å². The fraction of sp³-hybridized carbons (Fsp3) is 0.0909. The number of rotatable bonds is 2. The molecule has 0 aliphatic carbocycles. The molecule has 74 valence electrons. The summed E-state index contributed by atoms with van der Waals surface area (Å²) in [5, 5.41) is 8.93. The lowest BCUT2D eigenvalue weighted by Crippen LogP contribution is -1.95. The van der Waals surface area contributed by atoms with Gasteiger partial charge in [-0.05, 0) is 6.07 Å². The van der Waals surface area contributed by atoms with Crippen LogP contribution in [0.5, 0.6) is 0 Å². The first-order valence-corrected chi connectivity index (χ1v) is 4.40. The summed E-state index contributed by atoms with van der Waals surface area (Å²) in [5.41, 5.74) is 0.671. The molecular weight excluding hydrogens is 195 g/mol. The molecule has 0 atom stereocenters.